The van der Waals surface area contributed by atoms with Crippen molar-refractivity contribution in [2.24, 2.45) is 14.1 Å². The molecule has 1 atom stereocenters. The number of aromatic nitrogens is 4. The van der Waals surface area contributed by atoms with E-state index in [4.69, 9.17) is 0 Å². The fourth-order valence-corrected chi connectivity index (χ4v) is 6.46. The van der Waals surface area contributed by atoms with Gasteiger partial charge in [-0.25, -0.2) is 18.4 Å². The van der Waals surface area contributed by atoms with E-state index < -0.39 is 10.0 Å². The molecule has 172 valence electrons. The van der Waals surface area contributed by atoms with Gasteiger partial charge in [-0.05, 0) is 42.8 Å². The molecule has 1 aliphatic rings. The summed E-state index contributed by atoms with van der Waals surface area (Å²) < 4.78 is 32.4. The number of piperidine rings is 1. The molecule has 1 N–H and O–H groups in total. The number of thiophene rings is 1. The van der Waals surface area contributed by atoms with E-state index >= 15 is 0 Å². The molecule has 9 nitrogen and oxygen atoms in total. The van der Waals surface area contributed by atoms with Gasteiger partial charge in [0.05, 0.1) is 29.1 Å². The molecular weight excluding hydrogens is 460 g/mol. The van der Waals surface area contributed by atoms with Crippen LogP contribution in [0, 0.1) is 0 Å². The Morgan fingerprint density at radius 1 is 1.18 bits per heavy atom. The van der Waals surface area contributed by atoms with Crippen molar-refractivity contribution in [2.75, 3.05) is 11.3 Å². The Balaban J connectivity index is 1.56. The van der Waals surface area contributed by atoms with Gasteiger partial charge >= 0.3 is 0 Å². The zero-order valence-electron chi connectivity index (χ0n) is 18.3. The number of anilines is 1. The Morgan fingerprint density at radius 3 is 2.76 bits per heavy atom. The number of hydrogen-bond acceptors (Lipinski definition) is 6. The maximum absolute atomic E-state index is 13.7. The molecule has 11 heteroatoms. The molecule has 1 saturated heterocycles. The number of benzene rings is 1. The second kappa shape index (κ2) is 8.31. The van der Waals surface area contributed by atoms with E-state index in [1.165, 1.54) is 0 Å². The van der Waals surface area contributed by atoms with Gasteiger partial charge in [-0.1, -0.05) is 6.07 Å². The number of nitrogens with zero attached hydrogens (tertiary/aromatic N) is 5. The topological polar surface area (TPSA) is 102 Å². The highest BCUT2D eigenvalue weighted by atomic mass is 32.2. The third-order valence-electron chi connectivity index (χ3n) is 5.98. The molecule has 4 aromatic rings. The van der Waals surface area contributed by atoms with Gasteiger partial charge in [-0.15, -0.1) is 11.3 Å². The Hall–Kier alpha value is -3.18. The lowest BCUT2D eigenvalue weighted by Crippen LogP contribution is -2.39. The summed E-state index contributed by atoms with van der Waals surface area (Å²) in [6.07, 6.45) is 8.00. The van der Waals surface area contributed by atoms with Gasteiger partial charge in [0.1, 0.15) is 10.0 Å². The molecular formula is C22H24N6O3S2. The van der Waals surface area contributed by atoms with Crippen LogP contribution >= 0.6 is 11.3 Å². The average Bonchev–Trinajstić information content (AvgIpc) is 3.55. The molecule has 33 heavy (non-hydrogen) atoms. The van der Waals surface area contributed by atoms with Gasteiger partial charge in [-0.2, -0.15) is 0 Å². The molecule has 3 aromatic heterocycles. The number of imidazole rings is 2. The van der Waals surface area contributed by atoms with E-state index in [2.05, 4.69) is 14.7 Å². The van der Waals surface area contributed by atoms with Crippen LogP contribution in [-0.2, 0) is 24.1 Å². The van der Waals surface area contributed by atoms with Crippen LogP contribution in [0.5, 0.6) is 0 Å². The molecule has 0 bridgehead atoms. The monoisotopic (exact) mass is 484 g/mol. The molecule has 1 fully saturated rings. The number of aryl methyl sites for hydroxylation is 2. The summed E-state index contributed by atoms with van der Waals surface area (Å²) in [4.78, 5) is 24.4. The molecule has 1 amide bonds. The van der Waals surface area contributed by atoms with Gasteiger partial charge in [0.2, 0.25) is 0 Å². The van der Waals surface area contributed by atoms with E-state index in [1.54, 1.807) is 53.8 Å². The zero-order valence-corrected chi connectivity index (χ0v) is 19.9. The summed E-state index contributed by atoms with van der Waals surface area (Å²) in [5.74, 6) is 0.687. The summed E-state index contributed by atoms with van der Waals surface area (Å²) in [5.41, 5.74) is 1.89. The predicted molar refractivity (Wildman–Crippen MR) is 127 cm³/mol. The first-order valence-corrected chi connectivity index (χ1v) is 13.0. The Morgan fingerprint density at radius 2 is 2.03 bits per heavy atom. The Bertz CT molecular complexity index is 1420. The standard InChI is InChI=1S/C22H24N6O3S2/c1-26-10-8-23-21(26)18-6-3-4-9-28(18)22(29)15-12-16-20(27(2)14-24-16)17(13-15)25-33(30,31)19-7-5-11-32-19/h5,7-8,10-14,18,25H,3-4,6,9H2,1-2H3. The average molecular weight is 485 g/mol. The molecule has 1 aliphatic heterocycles. The molecule has 0 saturated carbocycles. The van der Waals surface area contributed by atoms with E-state index in [1.807, 2.05) is 22.7 Å². The lowest BCUT2D eigenvalue weighted by atomic mass is 9.99. The number of nitrogens with one attached hydrogen (secondary N) is 1. The fourth-order valence-electron chi connectivity index (χ4n) is 4.41. The van der Waals surface area contributed by atoms with Crippen molar-refractivity contribution < 1.29 is 13.2 Å². The molecule has 1 unspecified atom stereocenters. The lowest BCUT2D eigenvalue weighted by molar-refractivity contribution is 0.0596. The molecule has 0 spiro atoms. The molecule has 0 radical (unpaired) electrons. The summed E-state index contributed by atoms with van der Waals surface area (Å²) in [7, 11) is -0.0654. The van der Waals surface area contributed by atoms with Crippen molar-refractivity contribution in [2.45, 2.75) is 29.5 Å². The van der Waals surface area contributed by atoms with Crippen molar-refractivity contribution in [1.82, 2.24) is 24.0 Å². The van der Waals surface area contributed by atoms with Crippen molar-refractivity contribution in [1.29, 1.82) is 0 Å². The summed E-state index contributed by atoms with van der Waals surface area (Å²) in [6.45, 7) is 0.618. The smallest absolute Gasteiger partial charge is 0.271 e. The van der Waals surface area contributed by atoms with E-state index in [0.29, 0.717) is 28.8 Å². The number of amides is 1. The van der Waals surface area contributed by atoms with E-state index in [-0.39, 0.29) is 16.2 Å². The maximum atomic E-state index is 13.7. The van der Waals surface area contributed by atoms with Gasteiger partial charge in [0, 0.05) is 38.6 Å². The number of likely N-dealkylation sites (tertiary alicyclic amines) is 1. The molecule has 1 aromatic carbocycles. The third-order valence-corrected chi connectivity index (χ3v) is 8.75. The second-order valence-electron chi connectivity index (χ2n) is 8.19. The quantitative estimate of drug-likeness (QED) is 0.467. The second-order valence-corrected chi connectivity index (χ2v) is 11.0. The number of sulfonamides is 1. The summed E-state index contributed by atoms with van der Waals surface area (Å²) in [6, 6.07) is 6.45. The molecule has 0 aliphatic carbocycles. The van der Waals surface area contributed by atoms with Crippen molar-refractivity contribution in [3.63, 3.8) is 0 Å². The minimum absolute atomic E-state index is 0.128. The molecule has 4 heterocycles. The highest BCUT2D eigenvalue weighted by Gasteiger charge is 2.32. The number of carbonyl (C=O) groups excluding carboxylic acids is 1. The normalized spacial score (nSPS) is 16.9. The number of carbonyl (C=O) groups is 1. The van der Waals surface area contributed by atoms with E-state index in [9.17, 15) is 13.2 Å². The van der Waals surface area contributed by atoms with Crippen LogP contribution in [0.3, 0.4) is 0 Å². The first-order chi connectivity index (χ1) is 15.8. The minimum atomic E-state index is -3.79. The van der Waals surface area contributed by atoms with E-state index in [0.717, 1.165) is 36.4 Å². The maximum Gasteiger partial charge on any atom is 0.271 e. The first kappa shape index (κ1) is 21.7. The SMILES string of the molecule is Cn1ccnc1C1CCCCN1C(=O)c1cc(NS(=O)(=O)c2cccs2)c2c(c1)ncn2C. The van der Waals surface area contributed by atoms with Crippen LogP contribution in [0.15, 0.2) is 52.6 Å². The van der Waals surface area contributed by atoms with Crippen LogP contribution < -0.4 is 4.72 Å². The van der Waals surface area contributed by atoms with Gasteiger partial charge in [-0.3, -0.25) is 9.52 Å². The van der Waals surface area contributed by atoms with Gasteiger partial charge in [0.25, 0.3) is 15.9 Å². The van der Waals surface area contributed by atoms with Crippen LogP contribution in [-0.4, -0.2) is 44.9 Å². The highest BCUT2D eigenvalue weighted by molar-refractivity contribution is 7.94. The van der Waals surface area contributed by atoms with Crippen LogP contribution in [0.25, 0.3) is 11.0 Å². The lowest BCUT2D eigenvalue weighted by Gasteiger charge is -2.35. The minimum Gasteiger partial charge on any atom is -0.336 e. The summed E-state index contributed by atoms with van der Waals surface area (Å²) in [5, 5.41) is 1.71. The molecule has 5 rings (SSSR count). The van der Waals surface area contributed by atoms with Gasteiger partial charge < -0.3 is 14.0 Å². The first-order valence-electron chi connectivity index (χ1n) is 10.6. The van der Waals surface area contributed by atoms with Crippen LogP contribution in [0.1, 0.15) is 41.5 Å². The highest BCUT2D eigenvalue weighted by Crippen LogP contribution is 2.33. The predicted octanol–water partition coefficient (Wildman–Crippen LogP) is 3.54. The number of rotatable bonds is 5. The number of fused-ring (bicyclic) bond motifs is 1. The van der Waals surface area contributed by atoms with Crippen molar-refractivity contribution in [3.8, 4) is 0 Å². The van der Waals surface area contributed by atoms with Crippen LogP contribution in [0.2, 0.25) is 0 Å². The van der Waals surface area contributed by atoms with Crippen molar-refractivity contribution in [3.05, 3.63) is 59.8 Å². The van der Waals surface area contributed by atoms with Crippen LogP contribution in [0.4, 0.5) is 5.69 Å². The summed E-state index contributed by atoms with van der Waals surface area (Å²) >= 11 is 1.14. The number of hydrogen-bond donors (Lipinski definition) is 1. The van der Waals surface area contributed by atoms with Gasteiger partial charge in [0.15, 0.2) is 0 Å². The third kappa shape index (κ3) is 3.91. The Kier molecular flexibility index (Phi) is 5.45. The largest absolute Gasteiger partial charge is 0.336 e. The van der Waals surface area contributed by atoms with Crippen molar-refractivity contribution >= 4 is 44.0 Å². The Labute approximate surface area is 195 Å². The fraction of sp³-hybridized carbons (Fsp3) is 0.318. The zero-order chi connectivity index (χ0) is 23.2.